The van der Waals surface area contributed by atoms with Crippen molar-refractivity contribution in [3.8, 4) is 0 Å². The number of carbonyl (C=O) groups excluding carboxylic acids is 1. The predicted octanol–water partition coefficient (Wildman–Crippen LogP) is 4.22. The molecule has 4 nitrogen and oxygen atoms in total. The Bertz CT molecular complexity index is 826. The van der Waals surface area contributed by atoms with Crippen LogP contribution in [-0.4, -0.2) is 18.1 Å². The second kappa shape index (κ2) is 6.23. The normalized spacial score (nSPS) is 10.8. The van der Waals surface area contributed by atoms with E-state index in [0.717, 1.165) is 27.3 Å². The smallest absolute Gasteiger partial charge is 0.374 e. The summed E-state index contributed by atoms with van der Waals surface area (Å²) in [4.78, 5) is 16.1. The standard InChI is InChI=1S/C17H15NO3S/c1-11-9-13(21-16(11)17(19)20-2)10-22-15-8-7-12-5-3-4-6-14(12)18-15/h3-9H,10H2,1-2H3. The molecular weight excluding hydrogens is 298 g/mol. The summed E-state index contributed by atoms with van der Waals surface area (Å²) >= 11 is 1.57. The van der Waals surface area contributed by atoms with Gasteiger partial charge in [0.25, 0.3) is 0 Å². The molecule has 0 unspecified atom stereocenters. The molecule has 0 N–H and O–H groups in total. The minimum Gasteiger partial charge on any atom is -0.463 e. The van der Waals surface area contributed by atoms with E-state index in [9.17, 15) is 4.79 Å². The number of esters is 1. The van der Waals surface area contributed by atoms with Crippen molar-refractivity contribution >= 4 is 28.6 Å². The number of benzene rings is 1. The molecule has 22 heavy (non-hydrogen) atoms. The first kappa shape index (κ1) is 14.7. The average Bonchev–Trinajstić information content (AvgIpc) is 2.93. The number of furan rings is 1. The molecular formula is C17H15NO3S. The van der Waals surface area contributed by atoms with Gasteiger partial charge in [0.05, 0.1) is 23.4 Å². The first-order chi connectivity index (χ1) is 10.7. The van der Waals surface area contributed by atoms with E-state index in [1.165, 1.54) is 7.11 Å². The van der Waals surface area contributed by atoms with Crippen LogP contribution < -0.4 is 0 Å². The quantitative estimate of drug-likeness (QED) is 0.533. The van der Waals surface area contributed by atoms with Crippen LogP contribution >= 0.6 is 11.8 Å². The van der Waals surface area contributed by atoms with Crippen molar-refractivity contribution in [3.05, 3.63) is 59.5 Å². The third-order valence-corrected chi connectivity index (χ3v) is 4.23. The highest BCUT2D eigenvalue weighted by Gasteiger charge is 2.16. The fourth-order valence-electron chi connectivity index (χ4n) is 2.19. The van der Waals surface area contributed by atoms with Gasteiger partial charge in [-0.2, -0.15) is 0 Å². The number of hydrogen-bond donors (Lipinski definition) is 0. The Labute approximate surface area is 132 Å². The molecule has 0 atom stereocenters. The Morgan fingerprint density at radius 1 is 1.27 bits per heavy atom. The van der Waals surface area contributed by atoms with Gasteiger partial charge in [-0.3, -0.25) is 0 Å². The number of rotatable bonds is 4. The Kier molecular flexibility index (Phi) is 4.15. The molecule has 0 radical (unpaired) electrons. The van der Waals surface area contributed by atoms with Crippen molar-refractivity contribution in [1.82, 2.24) is 4.98 Å². The molecule has 5 heteroatoms. The van der Waals surface area contributed by atoms with Crippen LogP contribution in [0.1, 0.15) is 21.9 Å². The number of hydrogen-bond acceptors (Lipinski definition) is 5. The van der Waals surface area contributed by atoms with Crippen LogP contribution in [0.25, 0.3) is 10.9 Å². The van der Waals surface area contributed by atoms with Crippen molar-refractivity contribution in [2.45, 2.75) is 17.7 Å². The minimum absolute atomic E-state index is 0.268. The summed E-state index contributed by atoms with van der Waals surface area (Å²) in [5.74, 6) is 1.17. The van der Waals surface area contributed by atoms with Gasteiger partial charge in [-0.25, -0.2) is 9.78 Å². The lowest BCUT2D eigenvalue weighted by Crippen LogP contribution is -2.00. The highest BCUT2D eigenvalue weighted by atomic mass is 32.2. The average molecular weight is 313 g/mol. The summed E-state index contributed by atoms with van der Waals surface area (Å²) in [6.45, 7) is 1.83. The van der Waals surface area contributed by atoms with Crippen LogP contribution in [0.5, 0.6) is 0 Å². The Morgan fingerprint density at radius 2 is 2.09 bits per heavy atom. The number of pyridine rings is 1. The van der Waals surface area contributed by atoms with Crippen LogP contribution in [0, 0.1) is 6.92 Å². The lowest BCUT2D eigenvalue weighted by molar-refractivity contribution is 0.0562. The highest BCUT2D eigenvalue weighted by Crippen LogP contribution is 2.26. The number of aryl methyl sites for hydroxylation is 1. The van der Waals surface area contributed by atoms with Gasteiger partial charge in [0.15, 0.2) is 0 Å². The molecule has 0 bridgehead atoms. The van der Waals surface area contributed by atoms with Gasteiger partial charge in [-0.15, -0.1) is 0 Å². The SMILES string of the molecule is COC(=O)c1oc(CSc2ccc3ccccc3n2)cc1C. The maximum Gasteiger partial charge on any atom is 0.374 e. The number of para-hydroxylation sites is 1. The van der Waals surface area contributed by atoms with E-state index in [4.69, 9.17) is 4.42 Å². The first-order valence-electron chi connectivity index (χ1n) is 6.83. The van der Waals surface area contributed by atoms with Gasteiger partial charge in [0, 0.05) is 10.9 Å². The molecule has 2 heterocycles. The molecule has 0 aliphatic rings. The number of fused-ring (bicyclic) bond motifs is 1. The van der Waals surface area contributed by atoms with E-state index in [0.29, 0.717) is 5.75 Å². The second-order valence-corrected chi connectivity index (χ2v) is 5.84. The number of carbonyl (C=O) groups is 1. The third kappa shape index (κ3) is 2.99. The topological polar surface area (TPSA) is 52.3 Å². The molecule has 112 valence electrons. The third-order valence-electron chi connectivity index (χ3n) is 3.27. The molecule has 0 amide bonds. The van der Waals surface area contributed by atoms with Crippen LogP contribution in [-0.2, 0) is 10.5 Å². The van der Waals surface area contributed by atoms with Gasteiger partial charge in [-0.05, 0) is 25.1 Å². The van der Waals surface area contributed by atoms with E-state index in [1.807, 2.05) is 43.3 Å². The zero-order valence-electron chi connectivity index (χ0n) is 12.3. The van der Waals surface area contributed by atoms with E-state index >= 15 is 0 Å². The molecule has 1 aromatic carbocycles. The van der Waals surface area contributed by atoms with Gasteiger partial charge in [-0.1, -0.05) is 36.0 Å². The Hall–Kier alpha value is -2.27. The number of thioether (sulfide) groups is 1. The molecule has 0 saturated heterocycles. The lowest BCUT2D eigenvalue weighted by Gasteiger charge is -2.01. The molecule has 0 saturated carbocycles. The molecule has 2 aromatic heterocycles. The van der Waals surface area contributed by atoms with Crippen molar-refractivity contribution in [2.75, 3.05) is 7.11 Å². The number of ether oxygens (including phenoxy) is 1. The fraction of sp³-hybridized carbons (Fsp3) is 0.176. The maximum atomic E-state index is 11.5. The Morgan fingerprint density at radius 3 is 2.91 bits per heavy atom. The van der Waals surface area contributed by atoms with Crippen LogP contribution in [0.4, 0.5) is 0 Å². The molecule has 0 spiro atoms. The van der Waals surface area contributed by atoms with Gasteiger partial charge in [0.1, 0.15) is 5.76 Å². The zero-order chi connectivity index (χ0) is 15.5. The van der Waals surface area contributed by atoms with Crippen LogP contribution in [0.15, 0.2) is 51.9 Å². The Balaban J connectivity index is 1.75. The van der Waals surface area contributed by atoms with Crippen molar-refractivity contribution in [2.24, 2.45) is 0 Å². The monoisotopic (exact) mass is 313 g/mol. The van der Waals surface area contributed by atoms with E-state index < -0.39 is 5.97 Å². The van der Waals surface area contributed by atoms with Crippen molar-refractivity contribution < 1.29 is 13.9 Å². The highest BCUT2D eigenvalue weighted by molar-refractivity contribution is 7.98. The number of nitrogens with zero attached hydrogens (tertiary/aromatic N) is 1. The second-order valence-electron chi connectivity index (χ2n) is 4.85. The summed E-state index contributed by atoms with van der Waals surface area (Å²) in [6, 6.07) is 13.9. The zero-order valence-corrected chi connectivity index (χ0v) is 13.1. The lowest BCUT2D eigenvalue weighted by atomic mass is 10.2. The first-order valence-corrected chi connectivity index (χ1v) is 7.82. The number of aromatic nitrogens is 1. The van der Waals surface area contributed by atoms with Crippen LogP contribution in [0.2, 0.25) is 0 Å². The van der Waals surface area contributed by atoms with Gasteiger partial charge in [0.2, 0.25) is 5.76 Å². The van der Waals surface area contributed by atoms with Gasteiger partial charge < -0.3 is 9.15 Å². The van der Waals surface area contributed by atoms with Crippen molar-refractivity contribution in [1.29, 1.82) is 0 Å². The summed E-state index contributed by atoms with van der Waals surface area (Å²) in [7, 11) is 1.34. The van der Waals surface area contributed by atoms with Gasteiger partial charge >= 0.3 is 5.97 Å². The fourth-order valence-corrected chi connectivity index (χ4v) is 2.95. The van der Waals surface area contributed by atoms with E-state index in [1.54, 1.807) is 11.8 Å². The molecule has 3 aromatic rings. The summed E-state index contributed by atoms with van der Waals surface area (Å²) in [5, 5.41) is 2.04. The van der Waals surface area contributed by atoms with E-state index in [-0.39, 0.29) is 5.76 Å². The molecule has 0 fully saturated rings. The molecule has 3 rings (SSSR count). The molecule has 0 aliphatic carbocycles. The summed E-state index contributed by atoms with van der Waals surface area (Å²) in [6.07, 6.45) is 0. The van der Waals surface area contributed by atoms with Crippen molar-refractivity contribution in [3.63, 3.8) is 0 Å². The number of methoxy groups -OCH3 is 1. The maximum absolute atomic E-state index is 11.5. The van der Waals surface area contributed by atoms with E-state index in [2.05, 4.69) is 15.8 Å². The van der Waals surface area contributed by atoms with Crippen LogP contribution in [0.3, 0.4) is 0 Å². The minimum atomic E-state index is -0.447. The summed E-state index contributed by atoms with van der Waals surface area (Å²) < 4.78 is 10.2. The molecule has 0 aliphatic heterocycles. The largest absolute Gasteiger partial charge is 0.463 e. The predicted molar refractivity (Wildman–Crippen MR) is 86.1 cm³/mol. The summed E-state index contributed by atoms with van der Waals surface area (Å²) in [5.41, 5.74) is 1.76.